The number of benzene rings is 8. The summed E-state index contributed by atoms with van der Waals surface area (Å²) in [7, 11) is 0. The first-order valence-electron chi connectivity index (χ1n) is 25.8. The van der Waals surface area contributed by atoms with Gasteiger partial charge < -0.3 is 14.2 Å². The van der Waals surface area contributed by atoms with Gasteiger partial charge in [0.1, 0.15) is 23.0 Å². The third kappa shape index (κ3) is 8.27. The molecular formula is C65H44F6N2O9. The maximum absolute atomic E-state index is 14.9. The van der Waals surface area contributed by atoms with Crippen molar-refractivity contribution < 1.29 is 69.3 Å². The molecule has 0 bridgehead atoms. The van der Waals surface area contributed by atoms with E-state index in [-0.39, 0.29) is 61.9 Å². The molecule has 1 aliphatic carbocycles. The number of anilines is 1. The molecule has 0 saturated carbocycles. The lowest BCUT2D eigenvalue weighted by Crippen LogP contribution is -2.45. The fraction of sp³-hybridized carbons (Fsp3) is 0.169. The zero-order valence-corrected chi connectivity index (χ0v) is 44.3. The fourth-order valence-corrected chi connectivity index (χ4v) is 11.5. The van der Waals surface area contributed by atoms with E-state index < -0.39 is 92.2 Å². The number of carbonyl (C=O) groups is 6. The number of halogens is 6. The number of fused-ring (bicyclic) bond motifs is 11. The Morgan fingerprint density at radius 2 is 0.878 bits per heavy atom. The summed E-state index contributed by atoms with van der Waals surface area (Å²) >= 11 is 0. The number of nitrogens with zero attached hydrogens (tertiary/aromatic N) is 2. The molecule has 3 heterocycles. The highest BCUT2D eigenvalue weighted by atomic mass is 19.4. The summed E-state index contributed by atoms with van der Waals surface area (Å²) in [4.78, 5) is 83.9. The minimum Gasteiger partial charge on any atom is -0.456 e. The largest absolute Gasteiger partial charge is 0.456 e. The Kier molecular flexibility index (Phi) is 11.8. The van der Waals surface area contributed by atoms with Gasteiger partial charge in [-0.3, -0.25) is 24.1 Å². The fourth-order valence-electron chi connectivity index (χ4n) is 11.5. The second kappa shape index (κ2) is 18.2. The molecule has 0 N–H and O–H groups in total. The first-order chi connectivity index (χ1) is 38.7. The van der Waals surface area contributed by atoms with Crippen molar-refractivity contribution >= 4 is 41.3 Å². The Labute approximate surface area is 464 Å². The standard InChI is InChI=1S/C65H44F6N2O9/c1-61(2,3)35-17-23-41(51(29-35)64(66,67)68)42-24-18-36(30-52(42)65(69,70)71)72-55(74)43-21-15-33(27-45(43)56(72)75)59(78)80-37-19-25-49-53(31-37)82-54-32-38(81-60(79)34-16-22-44-46(28-34)58(77)73(57(44)76)62(4,5)6)20-26-50(54)63(49)47-13-9-7-11-39(47)40-12-8-10-14-48(40)63/h7-32H,1-6H3. The molecule has 4 aliphatic rings. The van der Waals surface area contributed by atoms with Crippen LogP contribution in [0.1, 0.15) is 143 Å². The van der Waals surface area contributed by atoms with Gasteiger partial charge >= 0.3 is 24.3 Å². The Balaban J connectivity index is 0.852. The lowest BCUT2D eigenvalue weighted by molar-refractivity contribution is -0.139. The van der Waals surface area contributed by atoms with Crippen molar-refractivity contribution in [3.05, 3.63) is 230 Å². The maximum atomic E-state index is 14.9. The lowest BCUT2D eigenvalue weighted by Gasteiger charge is -2.39. The summed E-state index contributed by atoms with van der Waals surface area (Å²) in [5, 5.41) is 0. The van der Waals surface area contributed by atoms with Gasteiger partial charge in [-0.1, -0.05) is 99.6 Å². The number of amides is 4. The minimum absolute atomic E-state index is 0.0228. The summed E-state index contributed by atoms with van der Waals surface area (Å²) < 4.78 is 106. The van der Waals surface area contributed by atoms with Crippen molar-refractivity contribution in [1.82, 2.24) is 4.90 Å². The van der Waals surface area contributed by atoms with Crippen LogP contribution in [0.5, 0.6) is 23.0 Å². The van der Waals surface area contributed by atoms with E-state index in [1.807, 2.05) is 48.5 Å². The van der Waals surface area contributed by atoms with Crippen molar-refractivity contribution in [2.75, 3.05) is 4.90 Å². The Hall–Kier alpha value is -9.64. The van der Waals surface area contributed by atoms with E-state index in [4.69, 9.17) is 14.2 Å². The van der Waals surface area contributed by atoms with Gasteiger partial charge in [0.15, 0.2) is 0 Å². The van der Waals surface area contributed by atoms with Gasteiger partial charge in [-0.15, -0.1) is 0 Å². The van der Waals surface area contributed by atoms with E-state index in [2.05, 4.69) is 0 Å². The second-order valence-electron chi connectivity index (χ2n) is 22.4. The number of hydrogen-bond acceptors (Lipinski definition) is 9. The van der Waals surface area contributed by atoms with E-state index in [0.29, 0.717) is 22.1 Å². The highest BCUT2D eigenvalue weighted by Gasteiger charge is 2.52. The molecule has 0 saturated heterocycles. The van der Waals surface area contributed by atoms with Gasteiger partial charge in [0.2, 0.25) is 0 Å². The number of alkyl halides is 6. The minimum atomic E-state index is -5.24. The van der Waals surface area contributed by atoms with E-state index in [1.165, 1.54) is 36.4 Å². The van der Waals surface area contributed by atoms with Crippen LogP contribution in [0, 0.1) is 0 Å². The summed E-state index contributed by atoms with van der Waals surface area (Å²) in [6.07, 6.45) is -10.3. The van der Waals surface area contributed by atoms with Crippen LogP contribution in [0.2, 0.25) is 0 Å². The molecule has 82 heavy (non-hydrogen) atoms. The van der Waals surface area contributed by atoms with Crippen molar-refractivity contribution in [3.63, 3.8) is 0 Å². The van der Waals surface area contributed by atoms with Crippen molar-refractivity contribution in [2.24, 2.45) is 0 Å². The molecule has 4 amide bonds. The van der Waals surface area contributed by atoms with Crippen LogP contribution < -0.4 is 19.1 Å². The van der Waals surface area contributed by atoms with Crippen molar-refractivity contribution in [3.8, 4) is 45.3 Å². The van der Waals surface area contributed by atoms with Crippen LogP contribution >= 0.6 is 0 Å². The second-order valence-corrected chi connectivity index (χ2v) is 22.4. The zero-order valence-electron chi connectivity index (χ0n) is 44.3. The Morgan fingerprint density at radius 1 is 0.439 bits per heavy atom. The number of imide groups is 2. The average molecular weight is 1110 g/mol. The quantitative estimate of drug-likeness (QED) is 0.0690. The Morgan fingerprint density at radius 3 is 1.38 bits per heavy atom. The van der Waals surface area contributed by atoms with Gasteiger partial charge in [0.05, 0.1) is 55.6 Å². The topological polar surface area (TPSA) is 137 Å². The van der Waals surface area contributed by atoms with Crippen LogP contribution in [0.4, 0.5) is 32.0 Å². The molecule has 8 aromatic rings. The molecule has 0 fully saturated rings. The highest BCUT2D eigenvalue weighted by Crippen LogP contribution is 2.63. The van der Waals surface area contributed by atoms with Gasteiger partial charge in [-0.05, 0) is 132 Å². The van der Waals surface area contributed by atoms with E-state index in [1.54, 1.807) is 71.9 Å². The number of carbonyl (C=O) groups excluding carboxylic acids is 6. The van der Waals surface area contributed by atoms with Crippen LogP contribution in [0.25, 0.3) is 22.3 Å². The summed E-state index contributed by atoms with van der Waals surface area (Å²) in [6.45, 7) is 10.2. The highest BCUT2D eigenvalue weighted by molar-refractivity contribution is 6.35. The lowest BCUT2D eigenvalue weighted by atomic mass is 9.66. The third-order valence-corrected chi connectivity index (χ3v) is 15.3. The van der Waals surface area contributed by atoms with E-state index >= 15 is 0 Å². The van der Waals surface area contributed by atoms with Crippen molar-refractivity contribution in [2.45, 2.75) is 70.3 Å². The van der Waals surface area contributed by atoms with E-state index in [0.717, 1.165) is 63.6 Å². The summed E-state index contributed by atoms with van der Waals surface area (Å²) in [5.74, 6) is -4.39. The molecule has 8 aromatic carbocycles. The normalized spacial score (nSPS) is 14.9. The van der Waals surface area contributed by atoms with Gasteiger partial charge in [-0.25, -0.2) is 14.5 Å². The molecule has 1 spiro atoms. The Bertz CT molecular complexity index is 4140. The van der Waals surface area contributed by atoms with Crippen LogP contribution in [-0.2, 0) is 23.2 Å². The SMILES string of the molecule is CC(C)(C)c1ccc(-c2ccc(N3C(=O)c4ccc(C(=O)Oc5ccc6c(c5)Oc5cc(OC(=O)c7ccc8c(c7)C(=O)N(C(C)(C)C)C8=O)ccc5C65c6ccccc6-c6ccccc65)cc4C3=O)cc2C(F)(F)F)c(C(F)(F)F)c1. The third-order valence-electron chi connectivity index (χ3n) is 15.3. The van der Waals surface area contributed by atoms with Gasteiger partial charge in [0.25, 0.3) is 23.6 Å². The van der Waals surface area contributed by atoms with E-state index in [9.17, 15) is 55.1 Å². The summed E-state index contributed by atoms with van der Waals surface area (Å²) in [5.41, 5.74) is -2.84. The molecule has 17 heteroatoms. The monoisotopic (exact) mass is 1110 g/mol. The van der Waals surface area contributed by atoms with Gasteiger partial charge in [-0.2, -0.15) is 26.3 Å². The summed E-state index contributed by atoms with van der Waals surface area (Å²) in [6, 6.07) is 38.4. The van der Waals surface area contributed by atoms with Crippen LogP contribution in [0.15, 0.2) is 158 Å². The predicted molar refractivity (Wildman–Crippen MR) is 289 cm³/mol. The number of rotatable bonds is 6. The number of esters is 2. The molecule has 3 aliphatic heterocycles. The van der Waals surface area contributed by atoms with Crippen LogP contribution in [-0.4, -0.2) is 46.0 Å². The smallest absolute Gasteiger partial charge is 0.417 e. The molecule has 0 radical (unpaired) electrons. The number of ether oxygens (including phenoxy) is 3. The molecule has 0 aromatic heterocycles. The zero-order chi connectivity index (χ0) is 58.3. The first-order valence-corrected chi connectivity index (χ1v) is 25.8. The van der Waals surface area contributed by atoms with Crippen LogP contribution in [0.3, 0.4) is 0 Å². The molecule has 11 nitrogen and oxygen atoms in total. The first kappa shape index (κ1) is 53.0. The molecule has 0 atom stereocenters. The predicted octanol–water partition coefficient (Wildman–Crippen LogP) is 14.8. The average Bonchev–Trinajstić information content (AvgIpc) is 1.88. The maximum Gasteiger partial charge on any atom is 0.417 e. The number of hydrogen-bond donors (Lipinski definition) is 0. The molecular weight excluding hydrogens is 1070 g/mol. The van der Waals surface area contributed by atoms with Crippen molar-refractivity contribution in [1.29, 1.82) is 0 Å². The molecule has 410 valence electrons. The molecule has 12 rings (SSSR count). The molecule has 0 unspecified atom stereocenters. The van der Waals surface area contributed by atoms with Gasteiger partial charge in [0, 0.05) is 28.8 Å².